The van der Waals surface area contributed by atoms with Crippen molar-refractivity contribution in [3.63, 3.8) is 0 Å². The predicted molar refractivity (Wildman–Crippen MR) is 90.8 cm³/mol. The number of carbonyl (C=O) groups is 2. The van der Waals surface area contributed by atoms with Gasteiger partial charge in [-0.1, -0.05) is 6.07 Å². The zero-order chi connectivity index (χ0) is 17.0. The van der Waals surface area contributed by atoms with E-state index in [2.05, 4.69) is 10.6 Å². The fourth-order valence-corrected chi connectivity index (χ4v) is 2.10. The third-order valence-electron chi connectivity index (χ3n) is 3.31. The summed E-state index contributed by atoms with van der Waals surface area (Å²) in [5, 5.41) is 5.49. The first-order chi connectivity index (χ1) is 10.9. The summed E-state index contributed by atoms with van der Waals surface area (Å²) >= 11 is 0. The Kier molecular flexibility index (Phi) is 4.85. The van der Waals surface area contributed by atoms with Crippen LogP contribution in [0.1, 0.15) is 22.8 Å². The number of nitrogen functional groups attached to an aromatic ring is 1. The lowest BCUT2D eigenvalue weighted by atomic mass is 10.1. The molecule has 0 aliphatic heterocycles. The molecule has 0 bridgehead atoms. The second kappa shape index (κ2) is 6.83. The van der Waals surface area contributed by atoms with Crippen LogP contribution in [-0.4, -0.2) is 18.9 Å². The highest BCUT2D eigenvalue weighted by Gasteiger charge is 2.12. The Labute approximate surface area is 134 Å². The van der Waals surface area contributed by atoms with E-state index in [1.54, 1.807) is 30.3 Å². The van der Waals surface area contributed by atoms with Crippen LogP contribution in [0.5, 0.6) is 5.75 Å². The zero-order valence-electron chi connectivity index (χ0n) is 13.3. The van der Waals surface area contributed by atoms with E-state index in [1.807, 2.05) is 13.0 Å². The van der Waals surface area contributed by atoms with Crippen molar-refractivity contribution in [2.45, 2.75) is 13.8 Å². The van der Waals surface area contributed by atoms with Crippen molar-refractivity contribution in [2.24, 2.45) is 0 Å². The summed E-state index contributed by atoms with van der Waals surface area (Å²) in [5.41, 5.74) is 8.67. The zero-order valence-corrected chi connectivity index (χ0v) is 13.3. The normalized spacial score (nSPS) is 10.0. The maximum Gasteiger partial charge on any atom is 0.257 e. The number of hydrogen-bond acceptors (Lipinski definition) is 4. The SMILES string of the molecule is COc1ccc(C(=O)Nc2cc(NC(C)=O)ccc2C)c(N)c1. The number of amides is 2. The number of methoxy groups -OCH3 is 1. The number of carbonyl (C=O) groups excluding carboxylic acids is 2. The van der Waals surface area contributed by atoms with E-state index in [0.29, 0.717) is 28.4 Å². The van der Waals surface area contributed by atoms with E-state index in [4.69, 9.17) is 10.5 Å². The number of benzene rings is 2. The maximum atomic E-state index is 12.4. The summed E-state index contributed by atoms with van der Waals surface area (Å²) in [6.45, 7) is 3.29. The molecule has 0 aliphatic carbocycles. The average molecular weight is 313 g/mol. The van der Waals surface area contributed by atoms with Crippen molar-refractivity contribution >= 4 is 28.9 Å². The highest BCUT2D eigenvalue weighted by Crippen LogP contribution is 2.24. The summed E-state index contributed by atoms with van der Waals surface area (Å²) in [6.07, 6.45) is 0. The predicted octanol–water partition coefficient (Wildman–Crippen LogP) is 2.80. The monoisotopic (exact) mass is 313 g/mol. The summed E-state index contributed by atoms with van der Waals surface area (Å²) < 4.78 is 5.07. The average Bonchev–Trinajstić information content (AvgIpc) is 2.49. The Morgan fingerprint density at radius 3 is 2.43 bits per heavy atom. The van der Waals surface area contributed by atoms with Crippen molar-refractivity contribution < 1.29 is 14.3 Å². The molecule has 2 aromatic carbocycles. The van der Waals surface area contributed by atoms with Crippen LogP contribution in [0.25, 0.3) is 0 Å². The molecule has 23 heavy (non-hydrogen) atoms. The van der Waals surface area contributed by atoms with Crippen LogP contribution in [0.2, 0.25) is 0 Å². The molecule has 4 N–H and O–H groups in total. The molecule has 2 rings (SSSR count). The van der Waals surface area contributed by atoms with Crippen molar-refractivity contribution in [2.75, 3.05) is 23.5 Å². The van der Waals surface area contributed by atoms with E-state index in [1.165, 1.54) is 14.0 Å². The van der Waals surface area contributed by atoms with Crippen molar-refractivity contribution in [3.8, 4) is 5.75 Å². The standard InChI is InChI=1S/C17H19N3O3/c1-10-4-5-12(19-11(2)21)8-16(10)20-17(22)14-7-6-13(23-3)9-15(14)18/h4-9H,18H2,1-3H3,(H,19,21)(H,20,22). The first-order valence-electron chi connectivity index (χ1n) is 7.04. The number of nitrogens with two attached hydrogens (primary N) is 1. The van der Waals surface area contributed by atoms with Crippen LogP contribution >= 0.6 is 0 Å². The van der Waals surface area contributed by atoms with Crippen LogP contribution in [-0.2, 0) is 4.79 Å². The fraction of sp³-hybridized carbons (Fsp3) is 0.176. The molecule has 6 nitrogen and oxygen atoms in total. The lowest BCUT2D eigenvalue weighted by Crippen LogP contribution is -2.15. The lowest BCUT2D eigenvalue weighted by molar-refractivity contribution is -0.114. The van der Waals surface area contributed by atoms with Gasteiger partial charge in [-0.25, -0.2) is 0 Å². The van der Waals surface area contributed by atoms with Crippen LogP contribution < -0.4 is 21.1 Å². The molecular weight excluding hydrogens is 294 g/mol. The van der Waals surface area contributed by atoms with Crippen LogP contribution in [0.15, 0.2) is 36.4 Å². The van der Waals surface area contributed by atoms with E-state index in [9.17, 15) is 9.59 Å². The Morgan fingerprint density at radius 2 is 1.83 bits per heavy atom. The van der Waals surface area contributed by atoms with Gasteiger partial charge in [-0.05, 0) is 36.8 Å². The molecule has 0 atom stereocenters. The molecule has 0 aliphatic rings. The smallest absolute Gasteiger partial charge is 0.257 e. The molecule has 0 unspecified atom stereocenters. The Bertz CT molecular complexity index is 757. The van der Waals surface area contributed by atoms with Gasteiger partial charge >= 0.3 is 0 Å². The van der Waals surface area contributed by atoms with Gasteiger partial charge in [0.15, 0.2) is 0 Å². The topological polar surface area (TPSA) is 93.5 Å². The largest absolute Gasteiger partial charge is 0.497 e. The van der Waals surface area contributed by atoms with Crippen LogP contribution in [0.4, 0.5) is 17.1 Å². The van der Waals surface area contributed by atoms with E-state index >= 15 is 0 Å². The number of rotatable bonds is 4. The highest BCUT2D eigenvalue weighted by molar-refractivity contribution is 6.08. The first kappa shape index (κ1) is 16.4. The summed E-state index contributed by atoms with van der Waals surface area (Å²) in [6, 6.07) is 10.2. The van der Waals surface area contributed by atoms with Crippen molar-refractivity contribution in [1.82, 2.24) is 0 Å². The minimum Gasteiger partial charge on any atom is -0.497 e. The maximum absolute atomic E-state index is 12.4. The van der Waals surface area contributed by atoms with Gasteiger partial charge in [0.05, 0.1) is 12.7 Å². The van der Waals surface area contributed by atoms with E-state index in [0.717, 1.165) is 5.56 Å². The van der Waals surface area contributed by atoms with Gasteiger partial charge in [0, 0.05) is 30.1 Å². The number of nitrogens with one attached hydrogen (secondary N) is 2. The summed E-state index contributed by atoms with van der Waals surface area (Å²) in [4.78, 5) is 23.5. The van der Waals surface area contributed by atoms with Crippen LogP contribution in [0.3, 0.4) is 0 Å². The van der Waals surface area contributed by atoms with E-state index < -0.39 is 0 Å². The molecule has 0 fully saturated rings. The number of hydrogen-bond donors (Lipinski definition) is 3. The number of ether oxygens (including phenoxy) is 1. The van der Waals surface area contributed by atoms with Crippen molar-refractivity contribution in [1.29, 1.82) is 0 Å². The van der Waals surface area contributed by atoms with Gasteiger partial charge < -0.3 is 21.1 Å². The molecule has 2 aromatic rings. The molecule has 0 heterocycles. The Morgan fingerprint density at radius 1 is 1.09 bits per heavy atom. The quantitative estimate of drug-likeness (QED) is 0.757. The molecule has 0 aromatic heterocycles. The van der Waals surface area contributed by atoms with Gasteiger partial charge in [-0.3, -0.25) is 9.59 Å². The van der Waals surface area contributed by atoms with Gasteiger partial charge in [-0.2, -0.15) is 0 Å². The molecule has 0 saturated heterocycles. The second-order valence-corrected chi connectivity index (χ2v) is 5.12. The molecule has 2 amide bonds. The minimum absolute atomic E-state index is 0.175. The Balaban J connectivity index is 2.24. The van der Waals surface area contributed by atoms with Gasteiger partial charge in [0.1, 0.15) is 5.75 Å². The Hall–Kier alpha value is -3.02. The fourth-order valence-electron chi connectivity index (χ4n) is 2.10. The molecule has 120 valence electrons. The molecule has 0 saturated carbocycles. The summed E-state index contributed by atoms with van der Waals surface area (Å²) in [5.74, 6) is 0.0849. The molecule has 0 spiro atoms. The lowest BCUT2D eigenvalue weighted by Gasteiger charge is -2.12. The minimum atomic E-state index is -0.326. The van der Waals surface area contributed by atoms with Gasteiger partial charge in [-0.15, -0.1) is 0 Å². The third-order valence-corrected chi connectivity index (χ3v) is 3.31. The second-order valence-electron chi connectivity index (χ2n) is 5.12. The number of aryl methyl sites for hydroxylation is 1. The number of anilines is 3. The van der Waals surface area contributed by atoms with Crippen molar-refractivity contribution in [3.05, 3.63) is 47.5 Å². The van der Waals surface area contributed by atoms with Gasteiger partial charge in [0.2, 0.25) is 5.91 Å². The van der Waals surface area contributed by atoms with Gasteiger partial charge in [0.25, 0.3) is 5.91 Å². The first-order valence-corrected chi connectivity index (χ1v) is 7.04. The van der Waals surface area contributed by atoms with E-state index in [-0.39, 0.29) is 11.8 Å². The molecular formula is C17H19N3O3. The summed E-state index contributed by atoms with van der Waals surface area (Å²) in [7, 11) is 1.53. The molecule has 6 heteroatoms. The molecule has 0 radical (unpaired) electrons. The highest BCUT2D eigenvalue weighted by atomic mass is 16.5. The third kappa shape index (κ3) is 4.00. The van der Waals surface area contributed by atoms with Crippen LogP contribution in [0, 0.1) is 6.92 Å².